The molecule has 0 amide bonds. The number of pyridine rings is 1. The van der Waals surface area contributed by atoms with Crippen LogP contribution in [0.3, 0.4) is 0 Å². The fourth-order valence-electron chi connectivity index (χ4n) is 2.44. The van der Waals surface area contributed by atoms with Gasteiger partial charge in [-0.15, -0.1) is 0 Å². The lowest BCUT2D eigenvalue weighted by molar-refractivity contribution is -0.147. The molecule has 3 rings (SSSR count). The number of aryl methyl sites for hydroxylation is 2. The van der Waals surface area contributed by atoms with E-state index in [1.54, 1.807) is 28.9 Å². The molecule has 0 N–H and O–H groups in total. The number of hydrogen-bond donors (Lipinski definition) is 0. The standard InChI is InChI=1S/C18H17ClN2O3/c1-12-5-13(2)7-16(6-12)23-11-18(22)24-10-15-9-21-8-14(19)3-4-17(21)20-15/h3-9H,10-11H2,1-2H3. The average Bonchev–Trinajstić information content (AvgIpc) is 2.92. The molecule has 0 unspecified atom stereocenters. The zero-order chi connectivity index (χ0) is 17.1. The molecule has 0 bridgehead atoms. The molecule has 0 fully saturated rings. The molecule has 0 aliphatic carbocycles. The number of halogens is 1. The number of esters is 1. The molecular formula is C18H17ClN2O3. The van der Waals surface area contributed by atoms with E-state index in [4.69, 9.17) is 21.1 Å². The van der Waals surface area contributed by atoms with Crippen LogP contribution in [0.25, 0.3) is 5.65 Å². The molecular weight excluding hydrogens is 328 g/mol. The Balaban J connectivity index is 1.54. The van der Waals surface area contributed by atoms with Gasteiger partial charge in [0.2, 0.25) is 0 Å². The van der Waals surface area contributed by atoms with Gasteiger partial charge in [-0.05, 0) is 49.2 Å². The zero-order valence-corrected chi connectivity index (χ0v) is 14.2. The van der Waals surface area contributed by atoms with Crippen LogP contribution >= 0.6 is 11.6 Å². The highest BCUT2D eigenvalue weighted by atomic mass is 35.5. The highest BCUT2D eigenvalue weighted by Gasteiger charge is 2.08. The van der Waals surface area contributed by atoms with Gasteiger partial charge in [0.15, 0.2) is 6.61 Å². The second-order valence-corrected chi connectivity index (χ2v) is 6.05. The molecule has 124 valence electrons. The van der Waals surface area contributed by atoms with Gasteiger partial charge in [-0.3, -0.25) is 0 Å². The molecule has 0 aliphatic heterocycles. The number of rotatable bonds is 5. The second-order valence-electron chi connectivity index (χ2n) is 5.62. The monoisotopic (exact) mass is 344 g/mol. The first kappa shape index (κ1) is 16.3. The van der Waals surface area contributed by atoms with Gasteiger partial charge in [0, 0.05) is 12.4 Å². The highest BCUT2D eigenvalue weighted by molar-refractivity contribution is 6.30. The maximum Gasteiger partial charge on any atom is 0.344 e. The van der Waals surface area contributed by atoms with Crippen LogP contribution in [0.15, 0.2) is 42.7 Å². The van der Waals surface area contributed by atoms with Gasteiger partial charge >= 0.3 is 5.97 Å². The van der Waals surface area contributed by atoms with Gasteiger partial charge < -0.3 is 13.9 Å². The Morgan fingerprint density at radius 2 is 1.92 bits per heavy atom. The molecule has 2 aromatic heterocycles. The fraction of sp³-hybridized carbons (Fsp3) is 0.222. The number of imidazole rings is 1. The van der Waals surface area contributed by atoms with E-state index >= 15 is 0 Å². The first-order chi connectivity index (χ1) is 11.5. The first-order valence-corrected chi connectivity index (χ1v) is 7.87. The van der Waals surface area contributed by atoms with Crippen molar-refractivity contribution in [3.8, 4) is 5.75 Å². The number of aromatic nitrogens is 2. The Morgan fingerprint density at radius 3 is 2.67 bits per heavy atom. The van der Waals surface area contributed by atoms with Crippen LogP contribution in [-0.2, 0) is 16.1 Å². The van der Waals surface area contributed by atoms with Crippen molar-refractivity contribution in [2.75, 3.05) is 6.61 Å². The van der Waals surface area contributed by atoms with Crippen molar-refractivity contribution < 1.29 is 14.3 Å². The van der Waals surface area contributed by atoms with E-state index in [2.05, 4.69) is 4.98 Å². The van der Waals surface area contributed by atoms with Crippen LogP contribution in [0.5, 0.6) is 5.75 Å². The minimum absolute atomic E-state index is 0.0916. The van der Waals surface area contributed by atoms with E-state index in [0.717, 1.165) is 16.8 Å². The summed E-state index contributed by atoms with van der Waals surface area (Å²) in [6, 6.07) is 9.37. The third-order valence-corrected chi connectivity index (χ3v) is 3.62. The minimum atomic E-state index is -0.441. The first-order valence-electron chi connectivity index (χ1n) is 7.49. The summed E-state index contributed by atoms with van der Waals surface area (Å²) in [5.74, 6) is 0.219. The molecule has 1 aromatic carbocycles. The molecule has 0 atom stereocenters. The van der Waals surface area contributed by atoms with E-state index in [0.29, 0.717) is 16.5 Å². The lowest BCUT2D eigenvalue weighted by atomic mass is 10.1. The van der Waals surface area contributed by atoms with Crippen molar-refractivity contribution in [3.63, 3.8) is 0 Å². The lowest BCUT2D eigenvalue weighted by Crippen LogP contribution is -2.15. The van der Waals surface area contributed by atoms with Crippen molar-refractivity contribution in [2.24, 2.45) is 0 Å². The summed E-state index contributed by atoms with van der Waals surface area (Å²) in [6.45, 7) is 3.91. The van der Waals surface area contributed by atoms with Gasteiger partial charge in [-0.25, -0.2) is 9.78 Å². The fourth-order valence-corrected chi connectivity index (χ4v) is 2.61. The predicted octanol–water partition coefficient (Wildman–Crippen LogP) is 3.73. The number of carbonyl (C=O) groups is 1. The number of hydrogen-bond acceptors (Lipinski definition) is 4. The van der Waals surface area contributed by atoms with E-state index in [1.807, 2.05) is 32.0 Å². The number of fused-ring (bicyclic) bond motifs is 1. The van der Waals surface area contributed by atoms with Crippen molar-refractivity contribution in [3.05, 3.63) is 64.6 Å². The third-order valence-electron chi connectivity index (χ3n) is 3.40. The molecule has 0 saturated carbocycles. The van der Waals surface area contributed by atoms with Crippen molar-refractivity contribution in [2.45, 2.75) is 20.5 Å². The number of nitrogens with zero attached hydrogens (tertiary/aromatic N) is 2. The second kappa shape index (κ2) is 6.93. The van der Waals surface area contributed by atoms with E-state index in [9.17, 15) is 4.79 Å². The van der Waals surface area contributed by atoms with E-state index in [1.165, 1.54) is 0 Å². The Morgan fingerprint density at radius 1 is 1.17 bits per heavy atom. The average molecular weight is 345 g/mol. The largest absolute Gasteiger partial charge is 0.482 e. The van der Waals surface area contributed by atoms with Gasteiger partial charge in [0.25, 0.3) is 0 Å². The van der Waals surface area contributed by atoms with Crippen LogP contribution in [0.2, 0.25) is 5.02 Å². The smallest absolute Gasteiger partial charge is 0.344 e. The summed E-state index contributed by atoms with van der Waals surface area (Å²) < 4.78 is 12.5. The maximum absolute atomic E-state index is 11.8. The minimum Gasteiger partial charge on any atom is -0.482 e. The molecule has 6 heteroatoms. The molecule has 0 spiro atoms. The summed E-state index contributed by atoms with van der Waals surface area (Å²) in [7, 11) is 0. The molecule has 3 aromatic rings. The summed E-state index contributed by atoms with van der Waals surface area (Å²) >= 11 is 5.93. The van der Waals surface area contributed by atoms with Gasteiger partial charge in [-0.2, -0.15) is 0 Å². The van der Waals surface area contributed by atoms with E-state index < -0.39 is 5.97 Å². The summed E-state index contributed by atoms with van der Waals surface area (Å²) in [5.41, 5.74) is 3.57. The summed E-state index contributed by atoms with van der Waals surface area (Å²) in [4.78, 5) is 16.2. The number of carbonyl (C=O) groups excluding carboxylic acids is 1. The van der Waals surface area contributed by atoms with Crippen LogP contribution < -0.4 is 4.74 Å². The summed E-state index contributed by atoms with van der Waals surface area (Å²) in [5, 5.41) is 0.616. The van der Waals surface area contributed by atoms with Crippen LogP contribution in [0, 0.1) is 13.8 Å². The van der Waals surface area contributed by atoms with Crippen LogP contribution in [-0.4, -0.2) is 22.0 Å². The molecule has 0 aliphatic rings. The number of ether oxygens (including phenoxy) is 2. The SMILES string of the molecule is Cc1cc(C)cc(OCC(=O)OCc2cn3cc(Cl)ccc3n2)c1. The zero-order valence-electron chi connectivity index (χ0n) is 13.5. The Labute approximate surface area is 144 Å². The lowest BCUT2D eigenvalue weighted by Gasteiger charge is -2.08. The van der Waals surface area contributed by atoms with Gasteiger partial charge in [-0.1, -0.05) is 17.7 Å². The Kier molecular flexibility index (Phi) is 4.71. The Bertz CT molecular complexity index is 869. The molecule has 0 radical (unpaired) electrons. The highest BCUT2D eigenvalue weighted by Crippen LogP contribution is 2.16. The van der Waals surface area contributed by atoms with Crippen molar-refractivity contribution in [1.82, 2.24) is 9.38 Å². The Hall–Kier alpha value is -2.53. The third kappa shape index (κ3) is 4.06. The number of benzene rings is 1. The molecule has 0 saturated heterocycles. The maximum atomic E-state index is 11.8. The molecule has 5 nitrogen and oxygen atoms in total. The van der Waals surface area contributed by atoms with Gasteiger partial charge in [0.05, 0.1) is 10.7 Å². The van der Waals surface area contributed by atoms with E-state index in [-0.39, 0.29) is 13.2 Å². The van der Waals surface area contributed by atoms with Crippen LogP contribution in [0.4, 0.5) is 0 Å². The van der Waals surface area contributed by atoms with Crippen molar-refractivity contribution in [1.29, 1.82) is 0 Å². The molecule has 2 heterocycles. The normalized spacial score (nSPS) is 10.8. The van der Waals surface area contributed by atoms with Gasteiger partial charge in [0.1, 0.15) is 18.0 Å². The van der Waals surface area contributed by atoms with Crippen LogP contribution in [0.1, 0.15) is 16.8 Å². The molecule has 24 heavy (non-hydrogen) atoms. The predicted molar refractivity (Wildman–Crippen MR) is 91.4 cm³/mol. The topological polar surface area (TPSA) is 52.8 Å². The summed E-state index contributed by atoms with van der Waals surface area (Å²) in [6.07, 6.45) is 3.53. The quantitative estimate of drug-likeness (QED) is 0.662. The van der Waals surface area contributed by atoms with Crippen molar-refractivity contribution >= 4 is 23.2 Å².